The largest absolute Gasteiger partial charge is 0.493 e. The summed E-state index contributed by atoms with van der Waals surface area (Å²) in [6.07, 6.45) is 8.43. The smallest absolute Gasteiger partial charge is 0.334 e. The van der Waals surface area contributed by atoms with Crippen molar-refractivity contribution in [3.05, 3.63) is 58.4 Å². The Bertz CT molecular complexity index is 1800. The first kappa shape index (κ1) is 29.0. The molecule has 2 heterocycles. The first-order valence-electron chi connectivity index (χ1n) is 14.9. The molecule has 0 aliphatic heterocycles. The van der Waals surface area contributed by atoms with Crippen molar-refractivity contribution in [1.82, 2.24) is 19.4 Å². The first-order chi connectivity index (χ1) is 20.8. The minimum absolute atomic E-state index is 0.0109. The third-order valence-electron chi connectivity index (χ3n) is 8.26. The van der Waals surface area contributed by atoms with Crippen molar-refractivity contribution in [2.45, 2.75) is 82.1 Å². The lowest BCUT2D eigenvalue weighted by molar-refractivity contribution is 0.201. The second kappa shape index (κ2) is 11.9. The molecule has 0 atom stereocenters. The molecule has 2 aromatic carbocycles. The first-order valence-corrected chi connectivity index (χ1v) is 16.4. The molecule has 43 heavy (non-hydrogen) atoms. The van der Waals surface area contributed by atoms with E-state index >= 15 is 0 Å². The van der Waals surface area contributed by atoms with Crippen LogP contribution in [-0.2, 0) is 10.0 Å². The maximum atomic E-state index is 13.6. The van der Waals surface area contributed by atoms with Crippen molar-refractivity contribution < 1.29 is 22.6 Å². The van der Waals surface area contributed by atoms with Crippen molar-refractivity contribution in [2.24, 2.45) is 0 Å². The number of sulfonamides is 1. The van der Waals surface area contributed by atoms with E-state index in [1.54, 1.807) is 38.3 Å². The maximum absolute atomic E-state index is 13.6. The number of hydrogen-bond acceptors (Lipinski definition) is 8. The van der Waals surface area contributed by atoms with Crippen molar-refractivity contribution in [3.8, 4) is 28.6 Å². The third-order valence-corrected chi connectivity index (χ3v) is 9.64. The Morgan fingerprint density at radius 3 is 2.42 bits per heavy atom. The molecule has 0 spiro atoms. The molecule has 0 saturated heterocycles. The van der Waals surface area contributed by atoms with E-state index < -0.39 is 15.7 Å². The van der Waals surface area contributed by atoms with Gasteiger partial charge in [0.1, 0.15) is 17.4 Å². The molecule has 11 nitrogen and oxygen atoms in total. The maximum Gasteiger partial charge on any atom is 0.334 e. The number of nitrogens with zero attached hydrogens (tertiary/aromatic N) is 3. The van der Waals surface area contributed by atoms with Crippen LogP contribution in [0.1, 0.15) is 75.7 Å². The molecule has 6 rings (SSSR count). The molecule has 2 aromatic heterocycles. The summed E-state index contributed by atoms with van der Waals surface area (Å²) in [7, 11) is -2.49. The van der Waals surface area contributed by atoms with E-state index in [9.17, 15) is 13.2 Å². The van der Waals surface area contributed by atoms with Gasteiger partial charge in [0.25, 0.3) is 10.0 Å². The highest BCUT2D eigenvalue weighted by atomic mass is 32.2. The number of rotatable bonds is 10. The lowest BCUT2D eigenvalue weighted by Crippen LogP contribution is -2.20. The summed E-state index contributed by atoms with van der Waals surface area (Å²) in [4.78, 5) is 25.6. The Morgan fingerprint density at radius 2 is 1.70 bits per heavy atom. The van der Waals surface area contributed by atoms with E-state index in [1.165, 1.54) is 16.5 Å². The fourth-order valence-corrected chi connectivity index (χ4v) is 7.23. The molecule has 2 aliphatic rings. The minimum Gasteiger partial charge on any atom is -0.493 e. The van der Waals surface area contributed by atoms with Gasteiger partial charge in [0.05, 0.1) is 41.7 Å². The van der Waals surface area contributed by atoms with Gasteiger partial charge in [-0.25, -0.2) is 27.6 Å². The molecule has 12 heteroatoms. The number of aromatic amines is 1. The monoisotopic (exact) mass is 607 g/mol. The Balaban J connectivity index is 1.37. The van der Waals surface area contributed by atoms with Gasteiger partial charge in [0.2, 0.25) is 0 Å². The number of fused-ring (bicyclic) bond motifs is 1. The van der Waals surface area contributed by atoms with Crippen LogP contribution in [0.15, 0.2) is 46.1 Å². The Hall–Kier alpha value is -4.06. The Labute approximate surface area is 250 Å². The number of hydrogen-bond donors (Lipinski definition) is 2. The average molecular weight is 608 g/mol. The van der Waals surface area contributed by atoms with Gasteiger partial charge in [-0.1, -0.05) is 12.8 Å². The lowest BCUT2D eigenvalue weighted by atomic mass is 10.0. The SMILES string of the molecule is CCOc1ccc(S(=O)(=O)Nc2ccc(OC)c(OC3CCCC3)c2)cc1-c1nc2c(C3CCCC3)nc(C)n2c(=O)[nH]1. The van der Waals surface area contributed by atoms with Gasteiger partial charge >= 0.3 is 5.69 Å². The molecular formula is C31H37N5O6S. The van der Waals surface area contributed by atoms with Crippen LogP contribution in [-0.4, -0.2) is 47.6 Å². The van der Waals surface area contributed by atoms with E-state index in [-0.39, 0.29) is 22.7 Å². The number of benzene rings is 2. The topological polar surface area (TPSA) is 137 Å². The van der Waals surface area contributed by atoms with Gasteiger partial charge < -0.3 is 14.2 Å². The molecule has 2 saturated carbocycles. The highest BCUT2D eigenvalue weighted by Gasteiger charge is 2.26. The summed E-state index contributed by atoms with van der Waals surface area (Å²) in [6.45, 7) is 3.97. The van der Waals surface area contributed by atoms with E-state index in [1.807, 2.05) is 6.92 Å². The van der Waals surface area contributed by atoms with Gasteiger partial charge in [0, 0.05) is 12.0 Å². The van der Waals surface area contributed by atoms with Gasteiger partial charge in [-0.15, -0.1) is 0 Å². The molecule has 0 unspecified atom stereocenters. The zero-order chi connectivity index (χ0) is 30.1. The number of H-pyrrole nitrogens is 1. The standard InChI is InChI=1S/C31H37N5O6S/c1-4-41-25-16-14-23(43(38,39)35-21-13-15-26(40-3)27(17-21)42-22-11-7-8-12-22)18-24(25)29-33-30-28(20-9-5-6-10-20)32-19(2)36(30)31(37)34-29/h13-18,20,22,35H,4-12H2,1-3H3,(H,33,34,37). The van der Waals surface area contributed by atoms with Crippen LogP contribution in [0, 0.1) is 6.92 Å². The van der Waals surface area contributed by atoms with Gasteiger partial charge in [0.15, 0.2) is 17.1 Å². The molecule has 4 aromatic rings. The predicted molar refractivity (Wildman–Crippen MR) is 163 cm³/mol. The number of ether oxygens (including phenoxy) is 3. The van der Waals surface area contributed by atoms with Crippen LogP contribution < -0.4 is 24.6 Å². The lowest BCUT2D eigenvalue weighted by Gasteiger charge is -2.17. The van der Waals surface area contributed by atoms with E-state index in [2.05, 4.69) is 9.71 Å². The van der Waals surface area contributed by atoms with Crippen molar-refractivity contribution >= 4 is 21.4 Å². The minimum atomic E-state index is -4.05. The number of aromatic nitrogens is 4. The van der Waals surface area contributed by atoms with Crippen LogP contribution in [0.4, 0.5) is 5.69 Å². The van der Waals surface area contributed by atoms with Crippen LogP contribution in [0.5, 0.6) is 17.2 Å². The van der Waals surface area contributed by atoms with Gasteiger partial charge in [-0.2, -0.15) is 0 Å². The summed E-state index contributed by atoms with van der Waals surface area (Å²) in [5.41, 5.74) is 1.61. The number of anilines is 1. The zero-order valence-electron chi connectivity index (χ0n) is 24.7. The highest BCUT2D eigenvalue weighted by molar-refractivity contribution is 7.92. The predicted octanol–water partition coefficient (Wildman–Crippen LogP) is 5.58. The zero-order valence-corrected chi connectivity index (χ0v) is 25.5. The van der Waals surface area contributed by atoms with Gasteiger partial charge in [-0.05, 0) is 82.7 Å². The van der Waals surface area contributed by atoms with E-state index in [0.29, 0.717) is 46.6 Å². The molecule has 2 aliphatic carbocycles. The van der Waals surface area contributed by atoms with Gasteiger partial charge in [-0.3, -0.25) is 9.71 Å². The highest BCUT2D eigenvalue weighted by Crippen LogP contribution is 2.37. The molecule has 0 amide bonds. The quantitative estimate of drug-likeness (QED) is 0.238. The molecule has 0 bridgehead atoms. The van der Waals surface area contributed by atoms with Crippen molar-refractivity contribution in [3.63, 3.8) is 0 Å². The molecule has 2 fully saturated rings. The van der Waals surface area contributed by atoms with Crippen LogP contribution >= 0.6 is 0 Å². The van der Waals surface area contributed by atoms with E-state index in [4.69, 9.17) is 24.2 Å². The summed E-state index contributed by atoms with van der Waals surface area (Å²) < 4.78 is 48.9. The summed E-state index contributed by atoms with van der Waals surface area (Å²) in [6, 6.07) is 9.49. The average Bonchev–Trinajstić information content (AvgIpc) is 3.76. The third kappa shape index (κ3) is 5.80. The number of imidazole rings is 1. The normalized spacial score (nSPS) is 16.2. The van der Waals surface area contributed by atoms with Crippen molar-refractivity contribution in [1.29, 1.82) is 0 Å². The number of aryl methyl sites for hydroxylation is 1. The Kier molecular flexibility index (Phi) is 8.04. The summed E-state index contributed by atoms with van der Waals surface area (Å²) in [5.74, 6) is 2.46. The van der Waals surface area contributed by atoms with Crippen LogP contribution in [0.3, 0.4) is 0 Å². The van der Waals surface area contributed by atoms with Crippen LogP contribution in [0.25, 0.3) is 17.0 Å². The molecule has 228 valence electrons. The number of nitrogens with one attached hydrogen (secondary N) is 2. The fourth-order valence-electron chi connectivity index (χ4n) is 6.16. The molecule has 0 radical (unpaired) electrons. The summed E-state index contributed by atoms with van der Waals surface area (Å²) >= 11 is 0. The summed E-state index contributed by atoms with van der Waals surface area (Å²) in [5, 5.41) is 0. The van der Waals surface area contributed by atoms with Crippen molar-refractivity contribution in [2.75, 3.05) is 18.4 Å². The fraction of sp³-hybridized carbons (Fsp3) is 0.452. The second-order valence-electron chi connectivity index (χ2n) is 11.2. The van der Waals surface area contributed by atoms with E-state index in [0.717, 1.165) is 57.1 Å². The van der Waals surface area contributed by atoms with Crippen LogP contribution in [0.2, 0.25) is 0 Å². The second-order valence-corrected chi connectivity index (χ2v) is 12.8. The molecule has 2 N–H and O–H groups in total. The number of methoxy groups -OCH3 is 1. The molecular weight excluding hydrogens is 570 g/mol. The Morgan fingerprint density at radius 1 is 0.977 bits per heavy atom.